The molecule has 0 radical (unpaired) electrons. The number of aromatic nitrogens is 3. The monoisotopic (exact) mass is 558 g/mol. The summed E-state index contributed by atoms with van der Waals surface area (Å²) in [7, 11) is 1.70. The summed E-state index contributed by atoms with van der Waals surface area (Å²) in [5.74, 6) is -1.17. The van der Waals surface area contributed by atoms with E-state index in [-0.39, 0.29) is 12.5 Å². The molecule has 1 amide bonds. The van der Waals surface area contributed by atoms with E-state index >= 15 is 0 Å². The molecule has 4 heterocycles. The van der Waals surface area contributed by atoms with Crippen molar-refractivity contribution >= 4 is 46.5 Å². The average Bonchev–Trinajstić information content (AvgIpc) is 3.42. The highest BCUT2D eigenvalue weighted by molar-refractivity contribution is 6.18. The van der Waals surface area contributed by atoms with Gasteiger partial charge in [0.05, 0.1) is 10.9 Å². The summed E-state index contributed by atoms with van der Waals surface area (Å²) in [4.78, 5) is 57.1. The van der Waals surface area contributed by atoms with E-state index < -0.39 is 42.4 Å². The number of ether oxygens (including phenoxy) is 4. The Balaban J connectivity index is 1.72. The maximum atomic E-state index is 12.7. The third-order valence-electron chi connectivity index (χ3n) is 6.53. The third kappa shape index (κ3) is 6.22. The molecule has 2 aliphatic rings. The van der Waals surface area contributed by atoms with Gasteiger partial charge >= 0.3 is 17.9 Å². The van der Waals surface area contributed by atoms with Gasteiger partial charge in [0.25, 0.3) is 0 Å². The van der Waals surface area contributed by atoms with Crippen LogP contribution in [0.15, 0.2) is 17.6 Å². The second-order valence-electron chi connectivity index (χ2n) is 9.69. The number of hydrazone groups is 1. The van der Waals surface area contributed by atoms with Crippen LogP contribution in [0.2, 0.25) is 0 Å². The predicted molar refractivity (Wildman–Crippen MR) is 141 cm³/mol. The molecule has 0 aromatic carbocycles. The lowest BCUT2D eigenvalue weighted by Gasteiger charge is -2.24. The molecule has 0 saturated carbocycles. The van der Waals surface area contributed by atoms with Crippen molar-refractivity contribution in [2.24, 2.45) is 5.10 Å². The summed E-state index contributed by atoms with van der Waals surface area (Å²) >= 11 is 0. The lowest BCUT2D eigenvalue weighted by Crippen LogP contribution is -2.40. The van der Waals surface area contributed by atoms with Crippen molar-refractivity contribution in [2.75, 3.05) is 18.7 Å². The number of carbonyl (C=O) groups is 4. The molecule has 4 rings (SSSR count). The smallest absolute Gasteiger partial charge is 0.303 e. The van der Waals surface area contributed by atoms with Crippen molar-refractivity contribution in [1.82, 2.24) is 19.9 Å². The molecule has 1 saturated heterocycles. The largest absolute Gasteiger partial charge is 0.463 e. The average molecular weight is 559 g/mol. The Morgan fingerprint density at radius 2 is 1.73 bits per heavy atom. The molecule has 216 valence electrons. The Labute approximate surface area is 231 Å². The maximum Gasteiger partial charge on any atom is 0.303 e. The quantitative estimate of drug-likeness (QED) is 0.257. The first-order valence-electron chi connectivity index (χ1n) is 13.2. The number of amidine groups is 1. The number of anilines is 1. The minimum Gasteiger partial charge on any atom is -0.463 e. The molecule has 0 spiro atoms. The minimum atomic E-state index is -1.10. The standard InChI is InChI=1S/C26H34N6O8/c1-6-7-8-9-10-19(36)29-23-17-11-32(25-20(17)24(27-13-28-25)31(5)30-23)26-22(39-16(4)35)21(38-15(3)34)18(40-26)12-37-14(2)33/h11,13,18,21-22,26H,6-10,12H2,1-5H3,(H,29,30,36)/t18-,21-,22-,26-/m1/s1. The van der Waals surface area contributed by atoms with Gasteiger partial charge in [0, 0.05) is 40.4 Å². The zero-order valence-electron chi connectivity index (χ0n) is 23.2. The highest BCUT2D eigenvalue weighted by Crippen LogP contribution is 2.39. The van der Waals surface area contributed by atoms with Gasteiger partial charge in [0.15, 0.2) is 30.1 Å². The van der Waals surface area contributed by atoms with E-state index in [1.165, 1.54) is 32.1 Å². The van der Waals surface area contributed by atoms with Crippen LogP contribution in [0, 0.1) is 0 Å². The van der Waals surface area contributed by atoms with E-state index in [9.17, 15) is 19.2 Å². The van der Waals surface area contributed by atoms with Crippen LogP contribution in [-0.2, 0) is 38.1 Å². The van der Waals surface area contributed by atoms with Crippen molar-refractivity contribution < 1.29 is 38.1 Å². The number of amides is 1. The summed E-state index contributed by atoms with van der Waals surface area (Å²) < 4.78 is 24.0. The van der Waals surface area contributed by atoms with Gasteiger partial charge in [0.1, 0.15) is 24.7 Å². The van der Waals surface area contributed by atoms with Crippen LogP contribution < -0.4 is 10.3 Å². The molecule has 4 atom stereocenters. The van der Waals surface area contributed by atoms with Gasteiger partial charge in [-0.05, 0) is 6.42 Å². The molecule has 14 nitrogen and oxygen atoms in total. The summed E-state index contributed by atoms with van der Waals surface area (Å²) in [5, 5.41) is 9.55. The Kier molecular flexibility index (Phi) is 8.97. The van der Waals surface area contributed by atoms with Crippen molar-refractivity contribution in [3.63, 3.8) is 0 Å². The Morgan fingerprint density at radius 1 is 1.00 bits per heavy atom. The lowest BCUT2D eigenvalue weighted by atomic mass is 10.1. The molecular formula is C26H34N6O8. The number of unbranched alkanes of at least 4 members (excludes halogenated alkanes) is 3. The van der Waals surface area contributed by atoms with Gasteiger partial charge in [-0.15, -0.1) is 0 Å². The molecule has 2 aromatic rings. The molecule has 2 aromatic heterocycles. The highest BCUT2D eigenvalue weighted by atomic mass is 16.7. The van der Waals surface area contributed by atoms with Crippen LogP contribution in [0.4, 0.5) is 5.82 Å². The SMILES string of the molecule is CCCCCCC(=O)NC1=NN(C)c2ncnc3c2c1cn3[C@@H]1O[C@H](COC(C)=O)[C@@H](OC(C)=O)[C@H]1OC(C)=O. The molecule has 0 aliphatic carbocycles. The summed E-state index contributed by atoms with van der Waals surface area (Å²) in [6, 6.07) is 0. The minimum absolute atomic E-state index is 0.171. The molecule has 40 heavy (non-hydrogen) atoms. The van der Waals surface area contributed by atoms with Crippen LogP contribution in [0.3, 0.4) is 0 Å². The predicted octanol–water partition coefficient (Wildman–Crippen LogP) is 1.95. The van der Waals surface area contributed by atoms with Crippen LogP contribution in [0.25, 0.3) is 11.0 Å². The number of esters is 3. The Morgan fingerprint density at radius 3 is 2.40 bits per heavy atom. The summed E-state index contributed by atoms with van der Waals surface area (Å²) in [6.45, 7) is 5.55. The van der Waals surface area contributed by atoms with Gasteiger partial charge in [-0.2, -0.15) is 5.10 Å². The van der Waals surface area contributed by atoms with E-state index in [0.717, 1.165) is 25.7 Å². The second kappa shape index (κ2) is 12.4. The fraction of sp³-hybridized carbons (Fsp3) is 0.577. The number of nitrogens with one attached hydrogen (secondary N) is 1. The van der Waals surface area contributed by atoms with Gasteiger partial charge in [-0.25, -0.2) is 15.0 Å². The summed E-state index contributed by atoms with van der Waals surface area (Å²) in [6.07, 6.45) is 3.10. The van der Waals surface area contributed by atoms with Crippen molar-refractivity contribution in [2.45, 2.75) is 84.3 Å². The topological polar surface area (TPSA) is 164 Å². The first-order valence-corrected chi connectivity index (χ1v) is 13.2. The number of nitrogens with zero attached hydrogens (tertiary/aromatic N) is 5. The maximum absolute atomic E-state index is 12.7. The molecule has 1 N–H and O–H groups in total. The first-order chi connectivity index (χ1) is 19.1. The van der Waals surface area contributed by atoms with Crippen LogP contribution in [0.1, 0.15) is 71.6 Å². The Bertz CT molecular complexity index is 1320. The van der Waals surface area contributed by atoms with Crippen molar-refractivity contribution in [3.8, 4) is 0 Å². The van der Waals surface area contributed by atoms with Crippen LogP contribution in [0.5, 0.6) is 0 Å². The van der Waals surface area contributed by atoms with Gasteiger partial charge in [0.2, 0.25) is 5.91 Å². The highest BCUT2D eigenvalue weighted by Gasteiger charge is 2.51. The van der Waals surface area contributed by atoms with E-state index in [0.29, 0.717) is 34.7 Å². The van der Waals surface area contributed by atoms with Crippen molar-refractivity contribution in [3.05, 3.63) is 18.1 Å². The zero-order valence-corrected chi connectivity index (χ0v) is 23.2. The van der Waals surface area contributed by atoms with Crippen LogP contribution in [-0.4, -0.2) is 76.2 Å². The van der Waals surface area contributed by atoms with Crippen molar-refractivity contribution in [1.29, 1.82) is 0 Å². The zero-order chi connectivity index (χ0) is 29.0. The Hall–Kier alpha value is -4.07. The summed E-state index contributed by atoms with van der Waals surface area (Å²) in [5.41, 5.74) is 0.955. The first kappa shape index (κ1) is 28.9. The van der Waals surface area contributed by atoms with Gasteiger partial charge < -0.3 is 28.8 Å². The lowest BCUT2D eigenvalue weighted by molar-refractivity contribution is -0.166. The molecule has 14 heteroatoms. The number of hydrogen-bond acceptors (Lipinski definition) is 12. The van der Waals surface area contributed by atoms with E-state index in [1.54, 1.807) is 17.8 Å². The van der Waals surface area contributed by atoms with E-state index in [4.69, 9.17) is 18.9 Å². The normalized spacial score (nSPS) is 21.6. The fourth-order valence-electron chi connectivity index (χ4n) is 4.85. The number of rotatable bonds is 10. The molecule has 0 unspecified atom stereocenters. The third-order valence-corrected chi connectivity index (χ3v) is 6.53. The van der Waals surface area contributed by atoms with E-state index in [2.05, 4.69) is 27.3 Å². The molecule has 2 aliphatic heterocycles. The second-order valence-corrected chi connectivity index (χ2v) is 9.69. The van der Waals surface area contributed by atoms with Gasteiger partial charge in [-0.3, -0.25) is 19.2 Å². The van der Waals surface area contributed by atoms with Gasteiger partial charge in [-0.1, -0.05) is 26.2 Å². The van der Waals surface area contributed by atoms with Crippen LogP contribution >= 0.6 is 0 Å². The molecule has 1 fully saturated rings. The molecule has 0 bridgehead atoms. The van der Waals surface area contributed by atoms with E-state index in [1.807, 2.05) is 0 Å². The number of carbonyl (C=O) groups excluding carboxylic acids is 4. The number of hydrogen-bond donors (Lipinski definition) is 1. The molecular weight excluding hydrogens is 524 g/mol. The fourth-order valence-corrected chi connectivity index (χ4v) is 4.85.